The highest BCUT2D eigenvalue weighted by Gasteiger charge is 2.13. The summed E-state index contributed by atoms with van der Waals surface area (Å²) in [5.41, 5.74) is 7.13. The number of hydrogen-bond donors (Lipinski definition) is 1. The first-order chi connectivity index (χ1) is 10.8. The maximum atomic E-state index is 5.89. The summed E-state index contributed by atoms with van der Waals surface area (Å²) in [6.45, 7) is 1.17. The highest BCUT2D eigenvalue weighted by molar-refractivity contribution is 5.51. The predicted octanol–water partition coefficient (Wildman–Crippen LogP) is 3.22. The molecule has 0 saturated heterocycles. The fourth-order valence-electron chi connectivity index (χ4n) is 2.43. The summed E-state index contributed by atoms with van der Waals surface area (Å²) in [7, 11) is 3.22. The second-order valence-corrected chi connectivity index (χ2v) is 4.97. The second kappa shape index (κ2) is 8.29. The molecule has 0 aliphatic rings. The van der Waals surface area contributed by atoms with Crippen molar-refractivity contribution in [3.8, 4) is 17.2 Å². The Hall–Kier alpha value is -2.20. The number of hydrogen-bond acceptors (Lipinski definition) is 4. The number of methoxy groups -OCH3 is 2. The third-order valence-corrected chi connectivity index (χ3v) is 3.65. The van der Waals surface area contributed by atoms with Gasteiger partial charge in [-0.25, -0.2) is 0 Å². The van der Waals surface area contributed by atoms with Gasteiger partial charge in [-0.2, -0.15) is 0 Å². The number of rotatable bonds is 8. The first-order valence-electron chi connectivity index (χ1n) is 7.39. The smallest absolute Gasteiger partial charge is 0.203 e. The van der Waals surface area contributed by atoms with Crippen molar-refractivity contribution in [2.45, 2.75) is 12.3 Å². The van der Waals surface area contributed by atoms with Crippen molar-refractivity contribution in [2.75, 3.05) is 27.4 Å². The van der Waals surface area contributed by atoms with Crippen molar-refractivity contribution in [3.63, 3.8) is 0 Å². The third-order valence-electron chi connectivity index (χ3n) is 3.65. The predicted molar refractivity (Wildman–Crippen MR) is 87.9 cm³/mol. The van der Waals surface area contributed by atoms with Crippen molar-refractivity contribution in [1.29, 1.82) is 0 Å². The molecule has 0 aliphatic carbocycles. The van der Waals surface area contributed by atoms with Gasteiger partial charge in [-0.3, -0.25) is 0 Å². The van der Waals surface area contributed by atoms with Crippen molar-refractivity contribution in [3.05, 3.63) is 54.1 Å². The van der Waals surface area contributed by atoms with Crippen LogP contribution in [0.3, 0.4) is 0 Å². The van der Waals surface area contributed by atoms with E-state index in [1.165, 1.54) is 5.56 Å². The first-order valence-corrected chi connectivity index (χ1v) is 7.39. The number of ether oxygens (including phenoxy) is 3. The lowest BCUT2D eigenvalue weighted by molar-refractivity contribution is 0.272. The molecule has 0 amide bonds. The lowest BCUT2D eigenvalue weighted by Crippen LogP contribution is -2.15. The molecule has 2 aromatic rings. The summed E-state index contributed by atoms with van der Waals surface area (Å²) in [5.74, 6) is 2.26. The zero-order valence-electron chi connectivity index (χ0n) is 13.1. The van der Waals surface area contributed by atoms with E-state index in [0.717, 1.165) is 6.42 Å². The van der Waals surface area contributed by atoms with E-state index >= 15 is 0 Å². The minimum Gasteiger partial charge on any atom is -0.493 e. The van der Waals surface area contributed by atoms with Gasteiger partial charge < -0.3 is 19.9 Å². The van der Waals surface area contributed by atoms with Gasteiger partial charge in [0.25, 0.3) is 0 Å². The van der Waals surface area contributed by atoms with Crippen LogP contribution in [0, 0.1) is 0 Å². The Morgan fingerprint density at radius 2 is 1.64 bits per heavy atom. The van der Waals surface area contributed by atoms with Crippen LogP contribution >= 0.6 is 0 Å². The van der Waals surface area contributed by atoms with E-state index in [1.54, 1.807) is 14.2 Å². The number of para-hydroxylation sites is 1. The Balaban J connectivity index is 1.98. The van der Waals surface area contributed by atoms with Gasteiger partial charge in [0.2, 0.25) is 5.75 Å². The topological polar surface area (TPSA) is 53.7 Å². The highest BCUT2D eigenvalue weighted by Crippen LogP contribution is 2.36. The molecule has 4 heteroatoms. The Morgan fingerprint density at radius 3 is 2.27 bits per heavy atom. The second-order valence-electron chi connectivity index (χ2n) is 4.97. The molecule has 2 N–H and O–H groups in total. The van der Waals surface area contributed by atoms with Crippen LogP contribution in [0.25, 0.3) is 0 Å². The zero-order chi connectivity index (χ0) is 15.8. The van der Waals surface area contributed by atoms with Gasteiger partial charge in [-0.15, -0.1) is 0 Å². The van der Waals surface area contributed by atoms with Crippen molar-refractivity contribution in [2.24, 2.45) is 5.73 Å². The van der Waals surface area contributed by atoms with Crippen LogP contribution in [-0.4, -0.2) is 27.4 Å². The SMILES string of the molecule is COc1cccc(OCCC(CN)c2ccccc2)c1OC. The van der Waals surface area contributed by atoms with E-state index in [-0.39, 0.29) is 5.92 Å². The molecule has 1 unspecified atom stereocenters. The Labute approximate surface area is 131 Å². The van der Waals surface area contributed by atoms with Gasteiger partial charge in [0.15, 0.2) is 11.5 Å². The molecular formula is C18H23NO3. The number of benzene rings is 2. The molecule has 0 spiro atoms. The van der Waals surface area contributed by atoms with Crippen LogP contribution in [0.15, 0.2) is 48.5 Å². The minimum absolute atomic E-state index is 0.290. The highest BCUT2D eigenvalue weighted by atomic mass is 16.5. The van der Waals surface area contributed by atoms with Gasteiger partial charge in [0.05, 0.1) is 20.8 Å². The summed E-state index contributed by atoms with van der Waals surface area (Å²) >= 11 is 0. The zero-order valence-corrected chi connectivity index (χ0v) is 13.1. The molecule has 0 aliphatic heterocycles. The quantitative estimate of drug-likeness (QED) is 0.813. The van der Waals surface area contributed by atoms with Crippen LogP contribution in [0.5, 0.6) is 17.2 Å². The van der Waals surface area contributed by atoms with Gasteiger partial charge in [0, 0.05) is 0 Å². The van der Waals surface area contributed by atoms with E-state index in [9.17, 15) is 0 Å². The molecule has 0 saturated carbocycles. The number of nitrogens with two attached hydrogens (primary N) is 1. The van der Waals surface area contributed by atoms with Crippen molar-refractivity contribution >= 4 is 0 Å². The van der Waals surface area contributed by atoms with Gasteiger partial charge >= 0.3 is 0 Å². The first kappa shape index (κ1) is 16.2. The molecule has 0 aromatic heterocycles. The summed E-state index contributed by atoms with van der Waals surface area (Å²) in [6.07, 6.45) is 0.848. The van der Waals surface area contributed by atoms with Crippen LogP contribution in [0.2, 0.25) is 0 Å². The molecule has 2 aromatic carbocycles. The molecule has 0 radical (unpaired) electrons. The summed E-state index contributed by atoms with van der Waals surface area (Å²) in [5, 5.41) is 0. The molecule has 2 rings (SSSR count). The molecule has 22 heavy (non-hydrogen) atoms. The van der Waals surface area contributed by atoms with E-state index in [4.69, 9.17) is 19.9 Å². The largest absolute Gasteiger partial charge is 0.493 e. The average Bonchev–Trinajstić information content (AvgIpc) is 2.59. The fourth-order valence-corrected chi connectivity index (χ4v) is 2.43. The normalized spacial score (nSPS) is 11.8. The molecule has 0 heterocycles. The molecular weight excluding hydrogens is 278 g/mol. The maximum Gasteiger partial charge on any atom is 0.203 e. The van der Waals surface area contributed by atoms with E-state index in [0.29, 0.717) is 30.4 Å². The molecule has 118 valence electrons. The van der Waals surface area contributed by atoms with Crippen LogP contribution in [0.4, 0.5) is 0 Å². The van der Waals surface area contributed by atoms with E-state index in [2.05, 4.69) is 12.1 Å². The van der Waals surface area contributed by atoms with Crippen LogP contribution < -0.4 is 19.9 Å². The fraction of sp³-hybridized carbons (Fsp3) is 0.333. The van der Waals surface area contributed by atoms with Crippen molar-refractivity contribution in [1.82, 2.24) is 0 Å². The Morgan fingerprint density at radius 1 is 0.909 bits per heavy atom. The molecule has 1 atom stereocenters. The lowest BCUT2D eigenvalue weighted by Gasteiger charge is -2.17. The van der Waals surface area contributed by atoms with Gasteiger partial charge in [-0.1, -0.05) is 36.4 Å². The summed E-state index contributed by atoms with van der Waals surface area (Å²) in [4.78, 5) is 0. The van der Waals surface area contributed by atoms with Crippen molar-refractivity contribution < 1.29 is 14.2 Å². The Kier molecular flexibility index (Phi) is 6.10. The van der Waals surface area contributed by atoms with Gasteiger partial charge in [-0.05, 0) is 36.6 Å². The Bertz CT molecular complexity index is 572. The standard InChI is InChI=1S/C18H23NO3/c1-20-16-9-6-10-17(18(16)21-2)22-12-11-15(13-19)14-7-4-3-5-8-14/h3-10,15H,11-13,19H2,1-2H3. The monoisotopic (exact) mass is 301 g/mol. The molecule has 0 bridgehead atoms. The maximum absolute atomic E-state index is 5.89. The van der Waals surface area contributed by atoms with Crippen LogP contribution in [-0.2, 0) is 0 Å². The van der Waals surface area contributed by atoms with Crippen LogP contribution in [0.1, 0.15) is 17.9 Å². The summed E-state index contributed by atoms with van der Waals surface area (Å²) in [6, 6.07) is 15.9. The van der Waals surface area contributed by atoms with E-state index in [1.807, 2.05) is 36.4 Å². The minimum atomic E-state index is 0.290. The average molecular weight is 301 g/mol. The summed E-state index contributed by atoms with van der Waals surface area (Å²) < 4.78 is 16.5. The lowest BCUT2D eigenvalue weighted by atomic mass is 9.96. The molecule has 0 fully saturated rings. The molecule has 4 nitrogen and oxygen atoms in total. The van der Waals surface area contributed by atoms with E-state index < -0.39 is 0 Å². The van der Waals surface area contributed by atoms with Gasteiger partial charge in [0.1, 0.15) is 0 Å². The third kappa shape index (κ3) is 3.92.